The lowest BCUT2D eigenvalue weighted by atomic mass is 9.70. The third-order valence-corrected chi connectivity index (χ3v) is 5.94. The number of ether oxygens (including phenoxy) is 2. The molecule has 0 saturated heterocycles. The Morgan fingerprint density at radius 1 is 1.17 bits per heavy atom. The van der Waals surface area contributed by atoms with Crippen LogP contribution in [-0.4, -0.2) is 41.9 Å². The lowest BCUT2D eigenvalue weighted by Crippen LogP contribution is -2.44. The van der Waals surface area contributed by atoms with Gasteiger partial charge in [0.1, 0.15) is 11.2 Å². The second kappa shape index (κ2) is 9.47. The molecule has 1 aromatic rings. The minimum atomic E-state index is -1.74. The molecule has 1 aliphatic carbocycles. The molecule has 9 heteroatoms. The van der Waals surface area contributed by atoms with Gasteiger partial charge in [0.2, 0.25) is 6.04 Å². The van der Waals surface area contributed by atoms with Crippen molar-refractivity contribution in [1.29, 1.82) is 0 Å². The summed E-state index contributed by atoms with van der Waals surface area (Å²) in [6, 6.07) is 5.38. The van der Waals surface area contributed by atoms with E-state index in [4.69, 9.17) is 9.47 Å². The van der Waals surface area contributed by atoms with Crippen LogP contribution in [0, 0.1) is 21.4 Å². The Kier molecular flexibility index (Phi) is 7.51. The monoisotopic (exact) mass is 469 g/mol. The Bertz CT molecular complexity index is 795. The van der Waals surface area contributed by atoms with E-state index >= 15 is 0 Å². The molecule has 29 heavy (non-hydrogen) atoms. The lowest BCUT2D eigenvalue weighted by molar-refractivity contribution is -0.532. The number of Topliss-reactive ketones (excluding diaryl/α,β-unsaturated/α-hetero) is 1. The van der Waals surface area contributed by atoms with Crippen LogP contribution in [0.25, 0.3) is 0 Å². The number of esters is 2. The van der Waals surface area contributed by atoms with Gasteiger partial charge in [0.15, 0.2) is 0 Å². The topological polar surface area (TPSA) is 113 Å². The molecule has 0 heterocycles. The predicted octanol–water partition coefficient (Wildman–Crippen LogP) is 3.29. The summed E-state index contributed by atoms with van der Waals surface area (Å²) in [5.74, 6) is -3.80. The maximum atomic E-state index is 13.0. The van der Waals surface area contributed by atoms with E-state index in [1.54, 1.807) is 38.1 Å². The van der Waals surface area contributed by atoms with Crippen LogP contribution in [0.5, 0.6) is 0 Å². The number of carbonyl (C=O) groups is 3. The summed E-state index contributed by atoms with van der Waals surface area (Å²) in [4.78, 5) is 49.5. The second-order valence-corrected chi connectivity index (χ2v) is 7.94. The van der Waals surface area contributed by atoms with Crippen LogP contribution in [0.1, 0.15) is 45.1 Å². The minimum Gasteiger partial charge on any atom is -0.466 e. The van der Waals surface area contributed by atoms with Crippen molar-refractivity contribution >= 4 is 33.7 Å². The number of rotatable bonds is 8. The summed E-state index contributed by atoms with van der Waals surface area (Å²) < 4.78 is 10.9. The van der Waals surface area contributed by atoms with E-state index in [0.717, 1.165) is 4.47 Å². The number of benzene rings is 1. The number of carbonyl (C=O) groups excluding carboxylic acids is 3. The van der Waals surface area contributed by atoms with E-state index in [1.165, 1.54) is 6.92 Å². The molecule has 0 aliphatic heterocycles. The minimum absolute atomic E-state index is 0.0343. The molecule has 158 valence electrons. The van der Waals surface area contributed by atoms with Gasteiger partial charge in [-0.05, 0) is 44.9 Å². The van der Waals surface area contributed by atoms with E-state index in [1.807, 2.05) is 0 Å². The molecule has 8 nitrogen and oxygen atoms in total. The van der Waals surface area contributed by atoms with Crippen LogP contribution in [0.2, 0.25) is 0 Å². The standard InChI is InChI=1S/C20H24BrNO7/c1-4-28-16(24)10-14-11-20(12(3)23,19(25)29-5-2)17(18(14)22(26)27)13-6-8-15(21)9-7-13/h6-9,14,17-18H,4-5,10-11H2,1-3H3/t14-,17+,18-,20+/m1/s1. The van der Waals surface area contributed by atoms with Gasteiger partial charge in [-0.1, -0.05) is 28.1 Å². The van der Waals surface area contributed by atoms with Crippen LogP contribution in [0.3, 0.4) is 0 Å². The van der Waals surface area contributed by atoms with Gasteiger partial charge in [-0.15, -0.1) is 0 Å². The summed E-state index contributed by atoms with van der Waals surface area (Å²) in [6.45, 7) is 4.66. The molecule has 0 N–H and O–H groups in total. The fourth-order valence-electron chi connectivity index (χ4n) is 4.27. The number of nitro groups is 1. The highest BCUT2D eigenvalue weighted by Gasteiger charge is 2.66. The molecule has 0 bridgehead atoms. The van der Waals surface area contributed by atoms with Crippen molar-refractivity contribution in [1.82, 2.24) is 0 Å². The third kappa shape index (κ3) is 4.49. The molecule has 2 rings (SSSR count). The Balaban J connectivity index is 2.65. The summed E-state index contributed by atoms with van der Waals surface area (Å²) in [6.07, 6.45) is -0.396. The molecule has 0 spiro atoms. The Morgan fingerprint density at radius 3 is 2.24 bits per heavy atom. The first-order valence-electron chi connectivity index (χ1n) is 9.41. The zero-order chi connectivity index (χ0) is 21.8. The van der Waals surface area contributed by atoms with Gasteiger partial charge in [0.25, 0.3) is 0 Å². The highest BCUT2D eigenvalue weighted by atomic mass is 79.9. The SMILES string of the molecule is CCOC(=O)C[C@@H]1C[C@@](C(C)=O)(C(=O)OCC)[C@@H](c2ccc(Br)cc2)[C@@H]1[N+](=O)[O-]. The molecule has 1 aromatic carbocycles. The highest BCUT2D eigenvalue weighted by Crippen LogP contribution is 2.55. The average Bonchev–Trinajstić information content (AvgIpc) is 2.99. The van der Waals surface area contributed by atoms with Crippen molar-refractivity contribution in [2.45, 2.75) is 45.6 Å². The fourth-order valence-corrected chi connectivity index (χ4v) is 4.54. The number of hydrogen-bond acceptors (Lipinski definition) is 7. The predicted molar refractivity (Wildman–Crippen MR) is 107 cm³/mol. The quantitative estimate of drug-likeness (QED) is 0.248. The first kappa shape index (κ1) is 23.0. The Hall–Kier alpha value is -2.29. The molecule has 4 atom stereocenters. The Morgan fingerprint density at radius 2 is 1.76 bits per heavy atom. The maximum absolute atomic E-state index is 13.0. The van der Waals surface area contributed by atoms with Crippen LogP contribution in [-0.2, 0) is 23.9 Å². The zero-order valence-electron chi connectivity index (χ0n) is 16.6. The van der Waals surface area contributed by atoms with E-state index in [-0.39, 0.29) is 26.1 Å². The summed E-state index contributed by atoms with van der Waals surface area (Å²) in [5, 5.41) is 12.1. The van der Waals surface area contributed by atoms with Crippen molar-refractivity contribution < 1.29 is 28.8 Å². The van der Waals surface area contributed by atoms with Crippen molar-refractivity contribution in [3.8, 4) is 0 Å². The van der Waals surface area contributed by atoms with Crippen LogP contribution >= 0.6 is 15.9 Å². The number of halogens is 1. The van der Waals surface area contributed by atoms with E-state index < -0.39 is 45.9 Å². The summed E-state index contributed by atoms with van der Waals surface area (Å²) >= 11 is 3.32. The smallest absolute Gasteiger partial charge is 0.320 e. The molecular weight excluding hydrogens is 446 g/mol. The zero-order valence-corrected chi connectivity index (χ0v) is 18.1. The van der Waals surface area contributed by atoms with E-state index in [9.17, 15) is 24.5 Å². The van der Waals surface area contributed by atoms with Crippen molar-refractivity contribution in [3.05, 3.63) is 44.4 Å². The van der Waals surface area contributed by atoms with E-state index in [2.05, 4.69) is 15.9 Å². The van der Waals surface area contributed by atoms with Crippen LogP contribution in [0.15, 0.2) is 28.7 Å². The lowest BCUT2D eigenvalue weighted by Gasteiger charge is -2.30. The van der Waals surface area contributed by atoms with Gasteiger partial charge >= 0.3 is 11.9 Å². The maximum Gasteiger partial charge on any atom is 0.320 e. The first-order valence-corrected chi connectivity index (χ1v) is 10.2. The van der Waals surface area contributed by atoms with Gasteiger partial charge in [-0.25, -0.2) is 0 Å². The molecule has 0 aromatic heterocycles. The first-order chi connectivity index (χ1) is 13.7. The third-order valence-electron chi connectivity index (χ3n) is 5.41. The number of hydrogen-bond donors (Lipinski definition) is 0. The fraction of sp³-hybridized carbons (Fsp3) is 0.550. The van der Waals surface area contributed by atoms with Gasteiger partial charge < -0.3 is 9.47 Å². The molecule has 1 aliphatic rings. The Labute approximate surface area is 177 Å². The molecule has 0 radical (unpaired) electrons. The number of nitrogens with zero attached hydrogens (tertiary/aromatic N) is 1. The summed E-state index contributed by atoms with van der Waals surface area (Å²) in [5.41, 5.74) is -1.26. The van der Waals surface area contributed by atoms with Crippen molar-refractivity contribution in [3.63, 3.8) is 0 Å². The van der Waals surface area contributed by atoms with Gasteiger partial charge in [-0.3, -0.25) is 24.5 Å². The van der Waals surface area contributed by atoms with Gasteiger partial charge in [0.05, 0.1) is 25.6 Å². The normalized spacial score (nSPS) is 26.0. The average molecular weight is 470 g/mol. The number of ketones is 1. The molecule has 1 fully saturated rings. The van der Waals surface area contributed by atoms with Crippen LogP contribution < -0.4 is 0 Å². The van der Waals surface area contributed by atoms with Crippen molar-refractivity contribution in [2.75, 3.05) is 13.2 Å². The van der Waals surface area contributed by atoms with Crippen molar-refractivity contribution in [2.24, 2.45) is 11.3 Å². The molecule has 1 saturated carbocycles. The summed E-state index contributed by atoms with van der Waals surface area (Å²) in [7, 11) is 0. The largest absolute Gasteiger partial charge is 0.466 e. The molecular formula is C20H24BrNO7. The van der Waals surface area contributed by atoms with E-state index in [0.29, 0.717) is 5.56 Å². The highest BCUT2D eigenvalue weighted by molar-refractivity contribution is 9.10. The molecule has 0 unspecified atom stereocenters. The second-order valence-electron chi connectivity index (χ2n) is 7.03. The molecule has 0 amide bonds. The van der Waals surface area contributed by atoms with Crippen LogP contribution in [0.4, 0.5) is 0 Å². The van der Waals surface area contributed by atoms with Gasteiger partial charge in [-0.2, -0.15) is 0 Å². The van der Waals surface area contributed by atoms with Gasteiger partial charge in [0, 0.05) is 15.3 Å².